The quantitative estimate of drug-likeness (QED) is 0.644. The van der Waals surface area contributed by atoms with Crippen molar-refractivity contribution in [2.75, 3.05) is 19.4 Å². The van der Waals surface area contributed by atoms with Gasteiger partial charge in [-0.25, -0.2) is 21.9 Å². The minimum absolute atomic E-state index is 0.0213. The largest absolute Gasteiger partial charge is 0.478 e. The molecule has 0 saturated heterocycles. The van der Waals surface area contributed by atoms with E-state index in [1.165, 1.54) is 14.1 Å². The monoisotopic (exact) mass is 478 g/mol. The molecular weight excluding hydrogens is 462 g/mol. The number of hydrogen-bond acceptors (Lipinski definition) is 4. The zero-order valence-electron chi connectivity index (χ0n) is 13.7. The highest BCUT2D eigenvalue weighted by atomic mass is 127. The zero-order chi connectivity index (χ0) is 18.9. The molecule has 0 aliphatic heterocycles. The minimum atomic E-state index is -4.10. The SMILES string of the molecule is Cc1cc(I)ccc1Nc1cc(F)c(S(=O)(=O)N(C)C)cc1C(=O)O. The molecule has 0 unspecified atom stereocenters. The predicted octanol–water partition coefficient (Wildman–Crippen LogP) is 3.43. The van der Waals surface area contributed by atoms with Gasteiger partial charge in [0.1, 0.15) is 10.7 Å². The van der Waals surface area contributed by atoms with Crippen LogP contribution in [-0.2, 0) is 10.0 Å². The van der Waals surface area contributed by atoms with E-state index >= 15 is 0 Å². The summed E-state index contributed by atoms with van der Waals surface area (Å²) in [4.78, 5) is 10.9. The van der Waals surface area contributed by atoms with Gasteiger partial charge in [-0.3, -0.25) is 0 Å². The lowest BCUT2D eigenvalue weighted by atomic mass is 10.1. The van der Waals surface area contributed by atoms with E-state index in [9.17, 15) is 22.7 Å². The number of halogens is 2. The molecule has 0 spiro atoms. The molecule has 2 aromatic carbocycles. The second kappa shape index (κ2) is 7.26. The first-order valence-electron chi connectivity index (χ1n) is 7.06. The molecule has 0 fully saturated rings. The van der Waals surface area contributed by atoms with Gasteiger partial charge in [-0.05, 0) is 65.4 Å². The molecule has 0 saturated carbocycles. The highest BCUT2D eigenvalue weighted by molar-refractivity contribution is 14.1. The lowest BCUT2D eigenvalue weighted by molar-refractivity contribution is 0.0697. The second-order valence-electron chi connectivity index (χ2n) is 5.51. The van der Waals surface area contributed by atoms with Gasteiger partial charge in [0.25, 0.3) is 0 Å². The number of rotatable bonds is 5. The van der Waals surface area contributed by atoms with Gasteiger partial charge in [0.15, 0.2) is 0 Å². The van der Waals surface area contributed by atoms with Gasteiger partial charge >= 0.3 is 5.97 Å². The van der Waals surface area contributed by atoms with Crippen LogP contribution in [0.1, 0.15) is 15.9 Å². The first-order valence-corrected chi connectivity index (χ1v) is 9.58. The Hall–Kier alpha value is -1.72. The minimum Gasteiger partial charge on any atom is -0.478 e. The molecule has 2 aromatic rings. The Labute approximate surface area is 158 Å². The van der Waals surface area contributed by atoms with E-state index in [4.69, 9.17) is 0 Å². The summed E-state index contributed by atoms with van der Waals surface area (Å²) in [5, 5.41) is 12.3. The number of benzene rings is 2. The molecule has 2 N–H and O–H groups in total. The van der Waals surface area contributed by atoms with Gasteiger partial charge in [-0.1, -0.05) is 0 Å². The number of carboxylic acid groups (broad SMARTS) is 1. The average Bonchev–Trinajstić information content (AvgIpc) is 2.49. The van der Waals surface area contributed by atoms with Crippen molar-refractivity contribution in [3.05, 3.63) is 50.8 Å². The van der Waals surface area contributed by atoms with Gasteiger partial charge < -0.3 is 10.4 Å². The Morgan fingerprint density at radius 1 is 1.20 bits per heavy atom. The first kappa shape index (κ1) is 19.6. The number of sulfonamides is 1. The van der Waals surface area contributed by atoms with Crippen LogP contribution in [0, 0.1) is 16.3 Å². The van der Waals surface area contributed by atoms with Gasteiger partial charge in [-0.2, -0.15) is 0 Å². The normalized spacial score (nSPS) is 11.6. The molecule has 2 rings (SSSR count). The number of nitrogens with zero attached hydrogens (tertiary/aromatic N) is 1. The van der Waals surface area contributed by atoms with Crippen molar-refractivity contribution in [3.63, 3.8) is 0 Å². The predicted molar refractivity (Wildman–Crippen MR) is 101 cm³/mol. The van der Waals surface area contributed by atoms with Crippen LogP contribution in [0.5, 0.6) is 0 Å². The van der Waals surface area contributed by atoms with Crippen LogP contribution in [0.3, 0.4) is 0 Å². The average molecular weight is 478 g/mol. The summed E-state index contributed by atoms with van der Waals surface area (Å²) in [6.45, 7) is 1.83. The summed E-state index contributed by atoms with van der Waals surface area (Å²) in [6, 6.07) is 7.15. The molecule has 134 valence electrons. The van der Waals surface area contributed by atoms with Crippen molar-refractivity contribution in [2.45, 2.75) is 11.8 Å². The molecule has 0 aromatic heterocycles. The molecule has 0 atom stereocenters. The summed E-state index contributed by atoms with van der Waals surface area (Å²) in [5.41, 5.74) is 1.09. The Bertz CT molecular complexity index is 945. The van der Waals surface area contributed by atoms with E-state index in [2.05, 4.69) is 27.9 Å². The third-order valence-corrected chi connectivity index (χ3v) is 6.02. The topological polar surface area (TPSA) is 86.7 Å². The molecular formula is C16H16FIN2O4S. The van der Waals surface area contributed by atoms with Crippen molar-refractivity contribution < 1.29 is 22.7 Å². The third-order valence-electron chi connectivity index (χ3n) is 3.52. The summed E-state index contributed by atoms with van der Waals surface area (Å²) in [6.07, 6.45) is 0. The maximum atomic E-state index is 14.4. The van der Waals surface area contributed by atoms with Crippen LogP contribution in [0.2, 0.25) is 0 Å². The van der Waals surface area contributed by atoms with Crippen molar-refractivity contribution >= 4 is 50.0 Å². The third kappa shape index (κ3) is 4.10. The van der Waals surface area contributed by atoms with E-state index in [-0.39, 0.29) is 11.3 Å². The lowest BCUT2D eigenvalue weighted by Gasteiger charge is -2.16. The highest BCUT2D eigenvalue weighted by Crippen LogP contribution is 2.29. The van der Waals surface area contributed by atoms with Gasteiger partial charge in [0, 0.05) is 23.4 Å². The molecule has 6 nitrogen and oxygen atoms in total. The number of aryl methyl sites for hydroxylation is 1. The van der Waals surface area contributed by atoms with Crippen molar-refractivity contribution in [3.8, 4) is 0 Å². The maximum Gasteiger partial charge on any atom is 0.337 e. The number of aromatic carboxylic acids is 1. The van der Waals surface area contributed by atoms with Gasteiger partial charge in [-0.15, -0.1) is 0 Å². The van der Waals surface area contributed by atoms with Gasteiger partial charge in [0.2, 0.25) is 10.0 Å². The fourth-order valence-corrected chi connectivity index (χ4v) is 3.75. The van der Waals surface area contributed by atoms with Crippen molar-refractivity contribution in [1.82, 2.24) is 4.31 Å². The van der Waals surface area contributed by atoms with Crippen molar-refractivity contribution in [2.24, 2.45) is 0 Å². The summed E-state index contributed by atoms with van der Waals surface area (Å²) in [5.74, 6) is -2.38. The molecule has 0 bridgehead atoms. The van der Waals surface area contributed by atoms with Crippen molar-refractivity contribution in [1.29, 1.82) is 0 Å². The number of nitrogens with one attached hydrogen (secondary N) is 1. The molecule has 0 heterocycles. The van der Waals surface area contributed by atoms with E-state index in [0.29, 0.717) is 5.69 Å². The Morgan fingerprint density at radius 3 is 2.36 bits per heavy atom. The fraction of sp³-hybridized carbons (Fsp3) is 0.188. The molecule has 25 heavy (non-hydrogen) atoms. The smallest absolute Gasteiger partial charge is 0.337 e. The van der Waals surface area contributed by atoms with Crippen LogP contribution in [-0.4, -0.2) is 37.9 Å². The second-order valence-corrected chi connectivity index (χ2v) is 8.87. The fourth-order valence-electron chi connectivity index (χ4n) is 2.14. The summed E-state index contributed by atoms with van der Waals surface area (Å²) < 4.78 is 40.5. The highest BCUT2D eigenvalue weighted by Gasteiger charge is 2.26. The lowest BCUT2D eigenvalue weighted by Crippen LogP contribution is -2.24. The Balaban J connectivity index is 2.60. The number of anilines is 2. The summed E-state index contributed by atoms with van der Waals surface area (Å²) >= 11 is 2.14. The van der Waals surface area contributed by atoms with E-state index in [0.717, 1.165) is 25.6 Å². The molecule has 0 aliphatic carbocycles. The molecule has 9 heteroatoms. The summed E-state index contributed by atoms with van der Waals surface area (Å²) in [7, 11) is -1.61. The van der Waals surface area contributed by atoms with Crippen LogP contribution in [0.4, 0.5) is 15.8 Å². The number of carbonyl (C=O) groups is 1. The van der Waals surface area contributed by atoms with Gasteiger partial charge in [0.05, 0.1) is 11.3 Å². The zero-order valence-corrected chi connectivity index (χ0v) is 16.6. The van der Waals surface area contributed by atoms with E-state index < -0.39 is 26.7 Å². The first-order chi connectivity index (χ1) is 11.5. The Morgan fingerprint density at radius 2 is 1.84 bits per heavy atom. The molecule has 0 amide bonds. The number of hydrogen-bond donors (Lipinski definition) is 2. The molecule has 0 radical (unpaired) electrons. The maximum absolute atomic E-state index is 14.4. The van der Waals surface area contributed by atoms with Crippen LogP contribution >= 0.6 is 22.6 Å². The number of carboxylic acids is 1. The van der Waals surface area contributed by atoms with Crippen LogP contribution in [0.15, 0.2) is 35.2 Å². The standard InChI is InChI=1S/C16H16FIN2O4S/c1-9-6-10(18)4-5-13(9)19-14-8-12(17)15(7-11(14)16(21)22)25(23,24)20(2)3/h4-8,19H,1-3H3,(H,21,22). The molecule has 0 aliphatic rings. The van der Waals surface area contributed by atoms with Crippen LogP contribution in [0.25, 0.3) is 0 Å². The van der Waals surface area contributed by atoms with E-state index in [1.54, 1.807) is 6.07 Å². The van der Waals surface area contributed by atoms with Crippen LogP contribution < -0.4 is 5.32 Å². The Kier molecular flexibility index (Phi) is 5.69. The van der Waals surface area contributed by atoms with E-state index in [1.807, 2.05) is 19.1 Å².